The first kappa shape index (κ1) is 10.7. The van der Waals surface area contributed by atoms with Gasteiger partial charge in [-0.15, -0.1) is 0 Å². The van der Waals surface area contributed by atoms with Crippen molar-refractivity contribution < 1.29 is 0 Å². The number of fused-ring (bicyclic) bond motifs is 1. The Labute approximate surface area is 92.7 Å². The zero-order valence-corrected chi connectivity index (χ0v) is 9.58. The van der Waals surface area contributed by atoms with Gasteiger partial charge >= 0.3 is 0 Å². The number of rotatable bonds is 4. The van der Waals surface area contributed by atoms with Crippen molar-refractivity contribution in [2.24, 2.45) is 11.7 Å². The summed E-state index contributed by atoms with van der Waals surface area (Å²) < 4.78 is 0. The maximum Gasteiger partial charge on any atom is 0.0329 e. The van der Waals surface area contributed by atoms with Crippen LogP contribution in [0.25, 0.3) is 0 Å². The second kappa shape index (κ2) is 4.80. The second-order valence-electron chi connectivity index (χ2n) is 4.68. The Morgan fingerprint density at radius 3 is 2.80 bits per heavy atom. The fraction of sp³-hybridized carbons (Fsp3) is 0.571. The maximum atomic E-state index is 6.27. The van der Waals surface area contributed by atoms with Crippen LogP contribution in [-0.4, -0.2) is 0 Å². The predicted octanol–water partition coefficient (Wildman–Crippen LogP) is 3.44. The molecule has 0 fully saturated rings. The van der Waals surface area contributed by atoms with Crippen molar-refractivity contribution in [1.82, 2.24) is 0 Å². The molecule has 1 aromatic rings. The molecule has 2 N–H and O–H groups in total. The number of unbranched alkanes of at least 4 members (excludes halogenated alkanes) is 2. The average Bonchev–Trinajstić information content (AvgIpc) is 2.57. The highest BCUT2D eigenvalue weighted by molar-refractivity contribution is 5.35. The number of hydrogen-bond donors (Lipinski definition) is 1. The third-order valence-electron chi connectivity index (χ3n) is 3.58. The van der Waals surface area contributed by atoms with Crippen molar-refractivity contribution in [2.75, 3.05) is 0 Å². The van der Waals surface area contributed by atoms with E-state index in [0.29, 0.717) is 5.92 Å². The minimum absolute atomic E-state index is 0.290. The maximum absolute atomic E-state index is 6.27. The summed E-state index contributed by atoms with van der Waals surface area (Å²) >= 11 is 0. The van der Waals surface area contributed by atoms with E-state index in [4.69, 9.17) is 5.73 Å². The standard InChI is InChI=1S/C14H21N/c1-2-3-4-8-12-10-11-7-5-6-9-13(11)14(12)15/h5-7,9,12,14H,2-4,8,10,15H2,1H3. The Bertz CT molecular complexity index is 319. The summed E-state index contributed by atoms with van der Waals surface area (Å²) in [6.07, 6.45) is 6.47. The summed E-state index contributed by atoms with van der Waals surface area (Å²) in [5, 5.41) is 0. The lowest BCUT2D eigenvalue weighted by atomic mass is 9.95. The third-order valence-corrected chi connectivity index (χ3v) is 3.58. The van der Waals surface area contributed by atoms with Crippen LogP contribution < -0.4 is 5.73 Å². The van der Waals surface area contributed by atoms with Gasteiger partial charge in [-0.25, -0.2) is 0 Å². The van der Waals surface area contributed by atoms with E-state index in [9.17, 15) is 0 Å². The zero-order chi connectivity index (χ0) is 10.7. The summed E-state index contributed by atoms with van der Waals surface area (Å²) in [7, 11) is 0. The number of hydrogen-bond acceptors (Lipinski definition) is 1. The van der Waals surface area contributed by atoms with E-state index < -0.39 is 0 Å². The monoisotopic (exact) mass is 203 g/mol. The van der Waals surface area contributed by atoms with Gasteiger partial charge in [-0.05, 0) is 29.9 Å². The molecule has 0 aliphatic heterocycles. The van der Waals surface area contributed by atoms with Crippen LogP contribution in [0.2, 0.25) is 0 Å². The van der Waals surface area contributed by atoms with Crippen LogP contribution in [0.4, 0.5) is 0 Å². The van der Waals surface area contributed by atoms with Crippen molar-refractivity contribution >= 4 is 0 Å². The Kier molecular flexibility index (Phi) is 3.42. The summed E-state index contributed by atoms with van der Waals surface area (Å²) in [6, 6.07) is 8.94. The first-order chi connectivity index (χ1) is 7.33. The van der Waals surface area contributed by atoms with Gasteiger partial charge in [0.2, 0.25) is 0 Å². The molecule has 82 valence electrons. The lowest BCUT2D eigenvalue weighted by Crippen LogP contribution is -2.16. The number of benzene rings is 1. The molecule has 0 radical (unpaired) electrons. The van der Waals surface area contributed by atoms with E-state index in [1.807, 2.05) is 0 Å². The van der Waals surface area contributed by atoms with Crippen LogP contribution in [0.5, 0.6) is 0 Å². The summed E-state index contributed by atoms with van der Waals surface area (Å²) in [6.45, 7) is 2.25. The van der Waals surface area contributed by atoms with Gasteiger partial charge < -0.3 is 5.73 Å². The Balaban J connectivity index is 1.97. The molecular weight excluding hydrogens is 182 g/mol. The molecule has 0 spiro atoms. The smallest absolute Gasteiger partial charge is 0.0329 e. The second-order valence-corrected chi connectivity index (χ2v) is 4.68. The Hall–Kier alpha value is -0.820. The van der Waals surface area contributed by atoms with Gasteiger partial charge in [-0.1, -0.05) is 50.5 Å². The average molecular weight is 203 g/mol. The number of nitrogens with two attached hydrogens (primary N) is 1. The van der Waals surface area contributed by atoms with Crippen molar-refractivity contribution in [1.29, 1.82) is 0 Å². The molecule has 0 bridgehead atoms. The SMILES string of the molecule is CCCCCC1Cc2ccccc2C1N. The molecule has 0 saturated heterocycles. The van der Waals surface area contributed by atoms with E-state index in [2.05, 4.69) is 31.2 Å². The molecule has 2 unspecified atom stereocenters. The van der Waals surface area contributed by atoms with Crippen LogP contribution in [0.15, 0.2) is 24.3 Å². The van der Waals surface area contributed by atoms with Gasteiger partial charge in [0.25, 0.3) is 0 Å². The molecule has 1 aliphatic rings. The molecule has 0 amide bonds. The molecule has 1 nitrogen and oxygen atoms in total. The van der Waals surface area contributed by atoms with Gasteiger partial charge in [-0.2, -0.15) is 0 Å². The lowest BCUT2D eigenvalue weighted by molar-refractivity contribution is 0.414. The molecule has 1 heteroatoms. The van der Waals surface area contributed by atoms with E-state index in [0.717, 1.165) is 0 Å². The van der Waals surface area contributed by atoms with Crippen molar-refractivity contribution in [2.45, 2.75) is 45.1 Å². The van der Waals surface area contributed by atoms with Crippen molar-refractivity contribution in [3.63, 3.8) is 0 Å². The topological polar surface area (TPSA) is 26.0 Å². The minimum Gasteiger partial charge on any atom is -0.324 e. The fourth-order valence-electron chi connectivity index (χ4n) is 2.65. The summed E-state index contributed by atoms with van der Waals surface area (Å²) in [5.41, 5.74) is 9.14. The normalized spacial score (nSPS) is 24.1. The van der Waals surface area contributed by atoms with Gasteiger partial charge in [0.1, 0.15) is 0 Å². The van der Waals surface area contributed by atoms with Crippen molar-refractivity contribution in [3.8, 4) is 0 Å². The van der Waals surface area contributed by atoms with Gasteiger partial charge in [0, 0.05) is 6.04 Å². The van der Waals surface area contributed by atoms with E-state index in [-0.39, 0.29) is 6.04 Å². The first-order valence-electron chi connectivity index (χ1n) is 6.16. The predicted molar refractivity (Wildman–Crippen MR) is 64.7 cm³/mol. The highest BCUT2D eigenvalue weighted by atomic mass is 14.7. The molecule has 15 heavy (non-hydrogen) atoms. The Morgan fingerprint density at radius 2 is 2.07 bits per heavy atom. The quantitative estimate of drug-likeness (QED) is 0.745. The van der Waals surface area contributed by atoms with Crippen LogP contribution in [0.3, 0.4) is 0 Å². The fourth-order valence-corrected chi connectivity index (χ4v) is 2.65. The highest BCUT2D eigenvalue weighted by Gasteiger charge is 2.28. The van der Waals surface area contributed by atoms with Crippen molar-refractivity contribution in [3.05, 3.63) is 35.4 Å². The molecular formula is C14H21N. The molecule has 2 rings (SSSR count). The summed E-state index contributed by atoms with van der Waals surface area (Å²) in [5.74, 6) is 0.689. The highest BCUT2D eigenvalue weighted by Crippen LogP contribution is 2.36. The van der Waals surface area contributed by atoms with Gasteiger partial charge in [-0.3, -0.25) is 0 Å². The van der Waals surface area contributed by atoms with Gasteiger partial charge in [0.15, 0.2) is 0 Å². The lowest BCUT2D eigenvalue weighted by Gasteiger charge is -2.15. The largest absolute Gasteiger partial charge is 0.324 e. The molecule has 0 saturated carbocycles. The van der Waals surface area contributed by atoms with E-state index >= 15 is 0 Å². The molecule has 1 aromatic carbocycles. The molecule has 2 atom stereocenters. The van der Waals surface area contributed by atoms with Crippen LogP contribution >= 0.6 is 0 Å². The van der Waals surface area contributed by atoms with Crippen LogP contribution in [-0.2, 0) is 6.42 Å². The van der Waals surface area contributed by atoms with E-state index in [1.165, 1.54) is 43.2 Å². The first-order valence-corrected chi connectivity index (χ1v) is 6.16. The third kappa shape index (κ3) is 2.23. The minimum atomic E-state index is 0.290. The molecule has 0 heterocycles. The summed E-state index contributed by atoms with van der Waals surface area (Å²) in [4.78, 5) is 0. The molecule has 1 aliphatic carbocycles. The van der Waals surface area contributed by atoms with Crippen LogP contribution in [0.1, 0.15) is 49.8 Å². The van der Waals surface area contributed by atoms with E-state index in [1.54, 1.807) is 0 Å². The molecule has 0 aromatic heterocycles. The Morgan fingerprint density at radius 1 is 1.27 bits per heavy atom. The van der Waals surface area contributed by atoms with Crippen LogP contribution in [0, 0.1) is 5.92 Å². The van der Waals surface area contributed by atoms with Gasteiger partial charge in [0.05, 0.1) is 0 Å². The zero-order valence-electron chi connectivity index (χ0n) is 9.58.